The van der Waals surface area contributed by atoms with Gasteiger partial charge in [0.2, 0.25) is 5.82 Å². The van der Waals surface area contributed by atoms with E-state index in [4.69, 9.17) is 20.8 Å². The van der Waals surface area contributed by atoms with Crippen LogP contribution in [0.2, 0.25) is 5.02 Å². The van der Waals surface area contributed by atoms with Gasteiger partial charge in [-0.1, -0.05) is 35.9 Å². The third-order valence-corrected chi connectivity index (χ3v) is 4.48. The smallest absolute Gasteiger partial charge is 0.217 e. The maximum absolute atomic E-state index is 6.10. The molecule has 0 atom stereocenters. The number of fused-ring (bicyclic) bond motifs is 3. The summed E-state index contributed by atoms with van der Waals surface area (Å²) in [6, 6.07) is 18.8. The van der Waals surface area contributed by atoms with E-state index in [1.165, 1.54) is 0 Å². The monoisotopic (exact) mass is 376 g/mol. The topological polar surface area (TPSA) is 65.5 Å². The van der Waals surface area contributed by atoms with Gasteiger partial charge in [0.1, 0.15) is 24.4 Å². The molecule has 0 N–H and O–H groups in total. The Hall–Kier alpha value is -3.38. The van der Waals surface area contributed by atoms with Crippen LogP contribution in [0.5, 0.6) is 5.75 Å². The molecule has 2 aromatic carbocycles. The van der Waals surface area contributed by atoms with E-state index in [2.05, 4.69) is 15.1 Å². The number of aromatic nitrogens is 4. The summed E-state index contributed by atoms with van der Waals surface area (Å²) in [5, 5.41) is 5.96. The largest absolute Gasteiger partial charge is 0.484 e. The Morgan fingerprint density at radius 1 is 1.00 bits per heavy atom. The van der Waals surface area contributed by atoms with Crippen LogP contribution < -0.4 is 4.74 Å². The molecule has 3 heterocycles. The summed E-state index contributed by atoms with van der Waals surface area (Å²) in [5.74, 6) is 2.34. The van der Waals surface area contributed by atoms with Gasteiger partial charge in [-0.3, -0.25) is 0 Å². The van der Waals surface area contributed by atoms with Crippen molar-refractivity contribution in [2.24, 2.45) is 0 Å². The van der Waals surface area contributed by atoms with Crippen molar-refractivity contribution in [3.05, 3.63) is 77.8 Å². The Morgan fingerprint density at radius 2 is 1.85 bits per heavy atom. The highest BCUT2D eigenvalue weighted by Gasteiger charge is 2.13. The molecule has 0 radical (unpaired) electrons. The lowest BCUT2D eigenvalue weighted by Crippen LogP contribution is -1.94. The van der Waals surface area contributed by atoms with Crippen LogP contribution in [0, 0.1) is 0 Å². The van der Waals surface area contributed by atoms with Gasteiger partial charge in [-0.2, -0.15) is 0 Å². The molecule has 0 aliphatic heterocycles. The molecule has 0 spiro atoms. The Bertz CT molecular complexity index is 1260. The van der Waals surface area contributed by atoms with Crippen molar-refractivity contribution in [3.8, 4) is 17.3 Å². The van der Waals surface area contributed by atoms with Crippen molar-refractivity contribution >= 4 is 28.2 Å². The number of benzene rings is 2. The summed E-state index contributed by atoms with van der Waals surface area (Å²) >= 11 is 6.10. The first-order valence-corrected chi connectivity index (χ1v) is 8.72. The summed E-state index contributed by atoms with van der Waals surface area (Å²) in [6.07, 6.45) is 1.65. The van der Waals surface area contributed by atoms with Crippen molar-refractivity contribution in [2.75, 3.05) is 0 Å². The minimum Gasteiger partial charge on any atom is -0.484 e. The summed E-state index contributed by atoms with van der Waals surface area (Å²) in [7, 11) is 0. The van der Waals surface area contributed by atoms with Crippen molar-refractivity contribution in [3.63, 3.8) is 0 Å². The van der Waals surface area contributed by atoms with E-state index >= 15 is 0 Å². The molecule has 0 saturated carbocycles. The molecule has 0 bridgehead atoms. The van der Waals surface area contributed by atoms with E-state index in [-0.39, 0.29) is 6.61 Å². The van der Waals surface area contributed by atoms with Gasteiger partial charge in [0.15, 0.2) is 11.4 Å². The third-order valence-electron chi connectivity index (χ3n) is 4.17. The number of rotatable bonds is 4. The molecule has 5 rings (SSSR count). The zero-order valence-corrected chi connectivity index (χ0v) is 14.8. The fraction of sp³-hybridized carbons (Fsp3) is 0.0500. The number of hydrogen-bond donors (Lipinski definition) is 0. The molecule has 0 aliphatic carbocycles. The van der Waals surface area contributed by atoms with Gasteiger partial charge in [-0.05, 0) is 36.4 Å². The first-order chi connectivity index (χ1) is 13.3. The van der Waals surface area contributed by atoms with Crippen LogP contribution in [-0.2, 0) is 6.61 Å². The summed E-state index contributed by atoms with van der Waals surface area (Å²) in [6.45, 7) is 0.265. The van der Waals surface area contributed by atoms with Gasteiger partial charge in [-0.15, -0.1) is 5.10 Å². The molecule has 7 heteroatoms. The molecule has 0 fully saturated rings. The van der Waals surface area contributed by atoms with Gasteiger partial charge < -0.3 is 9.15 Å². The number of furan rings is 1. The molecule has 5 aromatic rings. The van der Waals surface area contributed by atoms with Gasteiger partial charge in [0.05, 0.1) is 10.5 Å². The highest BCUT2D eigenvalue weighted by Crippen LogP contribution is 2.26. The Balaban J connectivity index is 1.44. The van der Waals surface area contributed by atoms with Crippen molar-refractivity contribution in [2.45, 2.75) is 6.61 Å². The highest BCUT2D eigenvalue weighted by molar-refractivity contribution is 6.32. The van der Waals surface area contributed by atoms with Crippen LogP contribution in [0.25, 0.3) is 28.1 Å². The lowest BCUT2D eigenvalue weighted by Gasteiger charge is -2.05. The fourth-order valence-corrected chi connectivity index (χ4v) is 3.06. The van der Waals surface area contributed by atoms with Crippen molar-refractivity contribution in [1.29, 1.82) is 0 Å². The lowest BCUT2D eigenvalue weighted by molar-refractivity contribution is 0.272. The van der Waals surface area contributed by atoms with Crippen LogP contribution >= 0.6 is 11.6 Å². The number of halogens is 1. The second kappa shape index (κ2) is 6.41. The molecule has 132 valence electrons. The number of para-hydroxylation sites is 2. The summed E-state index contributed by atoms with van der Waals surface area (Å²) in [4.78, 5) is 9.00. The molecule has 0 amide bonds. The average molecular weight is 377 g/mol. The van der Waals surface area contributed by atoms with E-state index in [1.807, 2.05) is 54.6 Å². The molecule has 6 nitrogen and oxygen atoms in total. The van der Waals surface area contributed by atoms with Crippen LogP contribution in [0.15, 0.2) is 71.4 Å². The zero-order chi connectivity index (χ0) is 18.2. The number of hydrogen-bond acceptors (Lipinski definition) is 5. The van der Waals surface area contributed by atoms with Gasteiger partial charge in [0.25, 0.3) is 0 Å². The van der Waals surface area contributed by atoms with Gasteiger partial charge in [-0.25, -0.2) is 14.5 Å². The van der Waals surface area contributed by atoms with E-state index in [0.29, 0.717) is 28.1 Å². The van der Waals surface area contributed by atoms with Crippen molar-refractivity contribution in [1.82, 2.24) is 19.6 Å². The molecular weight excluding hydrogens is 364 g/mol. The minimum absolute atomic E-state index is 0.265. The Kier molecular flexibility index (Phi) is 3.76. The summed E-state index contributed by atoms with van der Waals surface area (Å²) in [5.41, 5.74) is 1.61. The molecule has 27 heavy (non-hydrogen) atoms. The van der Waals surface area contributed by atoms with Crippen LogP contribution in [0.1, 0.15) is 5.76 Å². The number of nitrogens with zero attached hydrogens (tertiary/aromatic N) is 4. The van der Waals surface area contributed by atoms with E-state index in [9.17, 15) is 0 Å². The first kappa shape index (κ1) is 15.8. The zero-order valence-electron chi connectivity index (χ0n) is 14.0. The molecule has 0 unspecified atom stereocenters. The van der Waals surface area contributed by atoms with E-state index in [0.717, 1.165) is 16.6 Å². The SMILES string of the molecule is Clc1ccccc1OCc1ccc(-c2nc3c4ccccc4ncn3n2)o1. The second-order valence-electron chi connectivity index (χ2n) is 5.95. The lowest BCUT2D eigenvalue weighted by atomic mass is 10.2. The molecule has 0 aliphatic rings. The average Bonchev–Trinajstić information content (AvgIpc) is 3.34. The van der Waals surface area contributed by atoms with Crippen LogP contribution in [0.3, 0.4) is 0 Å². The van der Waals surface area contributed by atoms with Gasteiger partial charge >= 0.3 is 0 Å². The standard InChI is InChI=1S/C20H13ClN4O2/c21-15-6-2-4-8-17(15)26-11-13-9-10-18(27-13)19-23-20-14-5-1-3-7-16(14)22-12-25(20)24-19/h1-10,12H,11H2. The highest BCUT2D eigenvalue weighted by atomic mass is 35.5. The second-order valence-corrected chi connectivity index (χ2v) is 6.36. The van der Waals surface area contributed by atoms with Crippen LogP contribution in [0.4, 0.5) is 0 Å². The van der Waals surface area contributed by atoms with Gasteiger partial charge in [0, 0.05) is 5.39 Å². The molecule has 0 saturated heterocycles. The quantitative estimate of drug-likeness (QED) is 0.452. The van der Waals surface area contributed by atoms with E-state index < -0.39 is 0 Å². The predicted molar refractivity (Wildman–Crippen MR) is 102 cm³/mol. The third kappa shape index (κ3) is 2.90. The maximum Gasteiger partial charge on any atom is 0.217 e. The molecule has 3 aromatic heterocycles. The van der Waals surface area contributed by atoms with Crippen LogP contribution in [-0.4, -0.2) is 19.6 Å². The van der Waals surface area contributed by atoms with E-state index in [1.54, 1.807) is 16.9 Å². The first-order valence-electron chi connectivity index (χ1n) is 8.34. The molecular formula is C20H13ClN4O2. The Morgan fingerprint density at radius 3 is 2.78 bits per heavy atom. The number of ether oxygens (including phenoxy) is 1. The normalized spacial score (nSPS) is 11.3. The summed E-state index contributed by atoms with van der Waals surface area (Å²) < 4.78 is 13.2. The minimum atomic E-state index is 0.265. The Labute approximate surface area is 159 Å². The van der Waals surface area contributed by atoms with Crippen molar-refractivity contribution < 1.29 is 9.15 Å². The maximum atomic E-state index is 6.10. The predicted octanol–water partition coefficient (Wildman–Crippen LogP) is 4.77. The fourth-order valence-electron chi connectivity index (χ4n) is 2.87.